The molecule has 114 valence electrons. The summed E-state index contributed by atoms with van der Waals surface area (Å²) in [4.78, 5) is 14.1. The average molecular weight is 311 g/mol. The number of piperidine rings is 1. The van der Waals surface area contributed by atoms with Gasteiger partial charge in [-0.25, -0.2) is 4.39 Å². The number of nitrogens with one attached hydrogen (secondary N) is 1. The van der Waals surface area contributed by atoms with Crippen LogP contribution in [0.1, 0.15) is 36.0 Å². The summed E-state index contributed by atoms with van der Waals surface area (Å²) in [5.41, 5.74) is 0.00329. The predicted molar refractivity (Wildman–Crippen MR) is 81.1 cm³/mol. The molecule has 0 atom stereocenters. The minimum Gasteiger partial charge on any atom is -0.338 e. The lowest BCUT2D eigenvalue weighted by atomic mass is 10.0. The first-order chi connectivity index (χ1) is 10.1. The summed E-state index contributed by atoms with van der Waals surface area (Å²) >= 11 is 5.96. The Labute approximate surface area is 129 Å². The second-order valence-corrected chi connectivity index (χ2v) is 6.42. The molecule has 3 rings (SSSR count). The molecule has 2 aliphatic rings. The number of nitrogens with zero attached hydrogens (tertiary/aromatic N) is 1. The third-order valence-electron chi connectivity index (χ3n) is 4.35. The second kappa shape index (κ2) is 6.32. The molecule has 1 heterocycles. The van der Waals surface area contributed by atoms with Crippen molar-refractivity contribution in [3.63, 3.8) is 0 Å². The Morgan fingerprint density at radius 2 is 2.00 bits per heavy atom. The van der Waals surface area contributed by atoms with E-state index in [1.165, 1.54) is 25.0 Å². The van der Waals surface area contributed by atoms with Crippen LogP contribution < -0.4 is 5.32 Å². The molecule has 1 saturated heterocycles. The lowest BCUT2D eigenvalue weighted by Crippen LogP contribution is -2.45. The van der Waals surface area contributed by atoms with Crippen LogP contribution >= 0.6 is 11.6 Å². The number of hydrogen-bond donors (Lipinski definition) is 1. The molecule has 0 aromatic heterocycles. The van der Waals surface area contributed by atoms with Crippen LogP contribution in [0.3, 0.4) is 0 Å². The minimum atomic E-state index is -0.540. The maximum absolute atomic E-state index is 13.8. The van der Waals surface area contributed by atoms with Gasteiger partial charge in [-0.15, -0.1) is 0 Å². The quantitative estimate of drug-likeness (QED) is 0.927. The monoisotopic (exact) mass is 310 g/mol. The molecular formula is C16H20ClFN2O. The van der Waals surface area contributed by atoms with Gasteiger partial charge in [0.1, 0.15) is 5.82 Å². The molecule has 0 unspecified atom stereocenters. The van der Waals surface area contributed by atoms with Crippen LogP contribution in [0, 0.1) is 11.7 Å². The third-order valence-corrected chi connectivity index (χ3v) is 4.67. The fourth-order valence-electron chi connectivity index (χ4n) is 2.80. The highest BCUT2D eigenvalue weighted by atomic mass is 35.5. The van der Waals surface area contributed by atoms with E-state index < -0.39 is 5.82 Å². The molecule has 0 spiro atoms. The van der Waals surface area contributed by atoms with Crippen molar-refractivity contribution in [2.24, 2.45) is 5.92 Å². The number of carbonyl (C=O) groups excluding carboxylic acids is 1. The van der Waals surface area contributed by atoms with Crippen molar-refractivity contribution < 1.29 is 9.18 Å². The van der Waals surface area contributed by atoms with Gasteiger partial charge in [0.15, 0.2) is 0 Å². The molecule has 1 N–H and O–H groups in total. The smallest absolute Gasteiger partial charge is 0.258 e. The van der Waals surface area contributed by atoms with Gasteiger partial charge in [0.2, 0.25) is 0 Å². The van der Waals surface area contributed by atoms with E-state index in [2.05, 4.69) is 5.32 Å². The van der Waals surface area contributed by atoms with Crippen molar-refractivity contribution in [3.8, 4) is 0 Å². The Morgan fingerprint density at radius 1 is 1.29 bits per heavy atom. The molecule has 1 aliphatic heterocycles. The van der Waals surface area contributed by atoms with Gasteiger partial charge in [-0.1, -0.05) is 17.7 Å². The van der Waals surface area contributed by atoms with E-state index in [1.807, 2.05) is 0 Å². The summed E-state index contributed by atoms with van der Waals surface area (Å²) in [7, 11) is 0. The largest absolute Gasteiger partial charge is 0.338 e. The number of hydrogen-bond acceptors (Lipinski definition) is 2. The molecule has 1 amide bonds. The van der Waals surface area contributed by atoms with Crippen LogP contribution in [0.15, 0.2) is 18.2 Å². The molecule has 0 radical (unpaired) electrons. The Bertz CT molecular complexity index is 505. The lowest BCUT2D eigenvalue weighted by Gasteiger charge is -2.32. The van der Waals surface area contributed by atoms with Gasteiger partial charge >= 0.3 is 0 Å². The molecule has 5 heteroatoms. The molecule has 1 aromatic carbocycles. The number of benzene rings is 1. The summed E-state index contributed by atoms with van der Waals surface area (Å²) in [6.07, 6.45) is 4.53. The first-order valence-corrected chi connectivity index (χ1v) is 7.99. The van der Waals surface area contributed by atoms with Gasteiger partial charge in [0.05, 0.1) is 10.6 Å². The van der Waals surface area contributed by atoms with Crippen molar-refractivity contribution in [2.45, 2.75) is 31.7 Å². The van der Waals surface area contributed by atoms with Gasteiger partial charge in [-0.2, -0.15) is 0 Å². The second-order valence-electron chi connectivity index (χ2n) is 6.01. The van der Waals surface area contributed by atoms with Gasteiger partial charge < -0.3 is 10.2 Å². The zero-order chi connectivity index (χ0) is 14.8. The first-order valence-electron chi connectivity index (χ1n) is 7.62. The van der Waals surface area contributed by atoms with Crippen molar-refractivity contribution >= 4 is 17.5 Å². The van der Waals surface area contributed by atoms with Crippen molar-refractivity contribution in [3.05, 3.63) is 34.6 Å². The average Bonchev–Trinajstić information content (AvgIpc) is 3.29. The Balaban J connectivity index is 1.57. The van der Waals surface area contributed by atoms with Gasteiger partial charge in [0.25, 0.3) is 5.91 Å². The predicted octanol–water partition coefficient (Wildman–Crippen LogP) is 3.08. The first kappa shape index (κ1) is 14.8. The molecular weight excluding hydrogens is 291 g/mol. The van der Waals surface area contributed by atoms with Crippen LogP contribution in [0.25, 0.3) is 0 Å². The molecule has 1 aromatic rings. The van der Waals surface area contributed by atoms with Gasteiger partial charge in [-0.05, 0) is 50.3 Å². The minimum absolute atomic E-state index is 0.00329. The van der Waals surface area contributed by atoms with Crippen molar-refractivity contribution in [1.82, 2.24) is 10.2 Å². The maximum Gasteiger partial charge on any atom is 0.258 e. The number of likely N-dealkylation sites (tertiary alicyclic amines) is 1. The Hall–Kier alpha value is -1.13. The van der Waals surface area contributed by atoms with Crippen molar-refractivity contribution in [1.29, 1.82) is 0 Å². The van der Waals surface area contributed by atoms with Gasteiger partial charge in [0, 0.05) is 19.1 Å². The summed E-state index contributed by atoms with van der Waals surface area (Å²) in [5.74, 6) is 0.0297. The van der Waals surface area contributed by atoms with Crippen LogP contribution in [0.2, 0.25) is 5.02 Å². The Kier molecular flexibility index (Phi) is 4.45. The fraction of sp³-hybridized carbons (Fsp3) is 0.562. The zero-order valence-electron chi connectivity index (χ0n) is 11.9. The molecule has 2 fully saturated rings. The van der Waals surface area contributed by atoms with Crippen LogP contribution in [0.5, 0.6) is 0 Å². The normalized spacial score (nSPS) is 19.8. The van der Waals surface area contributed by atoms with E-state index in [0.717, 1.165) is 25.3 Å². The van der Waals surface area contributed by atoms with Crippen LogP contribution in [-0.4, -0.2) is 36.5 Å². The van der Waals surface area contributed by atoms with E-state index in [1.54, 1.807) is 11.0 Å². The molecule has 0 bridgehead atoms. The highest BCUT2D eigenvalue weighted by molar-refractivity contribution is 6.33. The van der Waals surface area contributed by atoms with Crippen LogP contribution in [0.4, 0.5) is 4.39 Å². The number of amides is 1. The summed E-state index contributed by atoms with van der Waals surface area (Å²) < 4.78 is 13.8. The fourth-order valence-corrected chi connectivity index (χ4v) is 3.05. The Morgan fingerprint density at radius 3 is 2.62 bits per heavy atom. The lowest BCUT2D eigenvalue weighted by molar-refractivity contribution is 0.0700. The number of halogens is 2. The van der Waals surface area contributed by atoms with E-state index in [4.69, 9.17) is 11.6 Å². The zero-order valence-corrected chi connectivity index (χ0v) is 12.7. The summed E-state index contributed by atoms with van der Waals surface area (Å²) in [5, 5.41) is 3.76. The molecule has 1 saturated carbocycles. The third kappa shape index (κ3) is 3.55. The topological polar surface area (TPSA) is 32.3 Å². The number of carbonyl (C=O) groups is 1. The van der Waals surface area contributed by atoms with E-state index in [0.29, 0.717) is 19.1 Å². The molecule has 3 nitrogen and oxygen atoms in total. The SMILES string of the molecule is O=C(c1c(F)cccc1Cl)N1CCC(NCC2CC2)CC1. The van der Waals surface area contributed by atoms with E-state index in [9.17, 15) is 9.18 Å². The van der Waals surface area contributed by atoms with Gasteiger partial charge in [-0.3, -0.25) is 4.79 Å². The molecule has 21 heavy (non-hydrogen) atoms. The van der Waals surface area contributed by atoms with E-state index in [-0.39, 0.29) is 16.5 Å². The molecule has 1 aliphatic carbocycles. The maximum atomic E-state index is 13.8. The summed E-state index contributed by atoms with van der Waals surface area (Å²) in [6, 6.07) is 4.83. The standard InChI is InChI=1S/C16H20ClFN2O/c17-13-2-1-3-14(18)15(13)16(21)20-8-6-12(7-9-20)19-10-11-4-5-11/h1-3,11-12,19H,4-10H2. The highest BCUT2D eigenvalue weighted by Crippen LogP contribution is 2.28. The van der Waals surface area contributed by atoms with Crippen LogP contribution in [-0.2, 0) is 0 Å². The van der Waals surface area contributed by atoms with E-state index >= 15 is 0 Å². The number of rotatable bonds is 4. The summed E-state index contributed by atoms with van der Waals surface area (Å²) in [6.45, 7) is 2.41. The highest BCUT2D eigenvalue weighted by Gasteiger charge is 2.28. The van der Waals surface area contributed by atoms with Crippen molar-refractivity contribution in [2.75, 3.05) is 19.6 Å².